The predicted octanol–water partition coefficient (Wildman–Crippen LogP) is 2.76. The zero-order chi connectivity index (χ0) is 10.6. The molecular weight excluding hydrogens is 239 g/mol. The maximum atomic E-state index is 5.65. The zero-order valence-electron chi connectivity index (χ0n) is 8.96. The Bertz CT molecular complexity index is 271. The van der Waals surface area contributed by atoms with E-state index in [0.29, 0.717) is 5.92 Å². The normalized spacial score (nSPS) is 10.6. The van der Waals surface area contributed by atoms with Crippen molar-refractivity contribution in [2.45, 2.75) is 20.8 Å². The van der Waals surface area contributed by atoms with Crippen LogP contribution in [0.4, 0.5) is 0 Å². The molecule has 0 unspecified atom stereocenters. The average Bonchev–Trinajstić information content (AvgIpc) is 2.15. The highest BCUT2D eigenvalue weighted by Crippen LogP contribution is 2.03. The van der Waals surface area contributed by atoms with Gasteiger partial charge in [0.1, 0.15) is 0 Å². The van der Waals surface area contributed by atoms with Gasteiger partial charge in [-0.25, -0.2) is 0 Å². The third-order valence-corrected chi connectivity index (χ3v) is 2.71. The molecule has 0 N–H and O–H groups in total. The molecule has 3 heteroatoms. The van der Waals surface area contributed by atoms with Crippen LogP contribution >= 0.6 is 15.8 Å². The van der Waals surface area contributed by atoms with Crippen LogP contribution in [0.5, 0.6) is 0 Å². The third kappa shape index (κ3) is 3.85. The Labute approximate surface area is 94.9 Å². The molecule has 0 spiro atoms. The molecule has 0 fully saturated rings. The monoisotopic (exact) mass is 254 g/mol. The second kappa shape index (κ2) is 5.57. The quantitative estimate of drug-likeness (QED) is 0.751. The molecule has 1 aromatic carbocycles. The van der Waals surface area contributed by atoms with Crippen LogP contribution in [0.15, 0.2) is 24.3 Å². The number of rotatable bonds is 4. The van der Waals surface area contributed by atoms with E-state index in [2.05, 4.69) is 60.8 Å². The van der Waals surface area contributed by atoms with Crippen LogP contribution < -0.4 is 5.46 Å². The predicted molar refractivity (Wildman–Crippen MR) is 66.3 cm³/mol. The second-order valence-electron chi connectivity index (χ2n) is 3.95. The largest absolute Gasteiger partial charge is 0.421 e. The van der Waals surface area contributed by atoms with Gasteiger partial charge in [0.05, 0.1) is 0 Å². The molecule has 0 aliphatic heterocycles. The highest BCUT2D eigenvalue weighted by molar-refractivity contribution is 9.24. The smallest absolute Gasteiger partial charge is 0.405 e. The van der Waals surface area contributed by atoms with Crippen molar-refractivity contribution in [2.24, 2.45) is 5.92 Å². The van der Waals surface area contributed by atoms with Crippen molar-refractivity contribution in [3.05, 3.63) is 29.8 Å². The van der Waals surface area contributed by atoms with Crippen molar-refractivity contribution in [2.75, 3.05) is 6.61 Å². The molecule has 0 aromatic heterocycles. The fourth-order valence-corrected chi connectivity index (χ4v) is 1.55. The van der Waals surface area contributed by atoms with Crippen molar-refractivity contribution in [1.29, 1.82) is 0 Å². The van der Waals surface area contributed by atoms with Gasteiger partial charge in [-0.1, -0.05) is 43.7 Å². The number of aryl methyl sites for hydroxylation is 1. The molecule has 0 saturated carbocycles. The van der Waals surface area contributed by atoms with E-state index in [1.165, 1.54) is 11.0 Å². The van der Waals surface area contributed by atoms with E-state index in [1.54, 1.807) is 0 Å². The van der Waals surface area contributed by atoms with Crippen molar-refractivity contribution in [3.8, 4) is 0 Å². The van der Waals surface area contributed by atoms with E-state index < -0.39 is 0 Å². The Morgan fingerprint density at radius 3 is 2.36 bits per heavy atom. The molecule has 0 radical (unpaired) electrons. The lowest BCUT2D eigenvalue weighted by Gasteiger charge is -2.10. The molecule has 0 amide bonds. The van der Waals surface area contributed by atoms with Crippen LogP contribution in [0.25, 0.3) is 0 Å². The molecule has 1 nitrogen and oxygen atoms in total. The van der Waals surface area contributed by atoms with E-state index in [1.807, 2.05) is 0 Å². The van der Waals surface area contributed by atoms with E-state index in [4.69, 9.17) is 4.65 Å². The standard InChI is InChI=1S/C11H16BBrO/c1-9(2)8-14-12(13)11-6-4-10(3)5-7-11/h4-7,9H,8H2,1-3H3. The Morgan fingerprint density at radius 2 is 1.86 bits per heavy atom. The van der Waals surface area contributed by atoms with Gasteiger partial charge in [0.2, 0.25) is 0 Å². The van der Waals surface area contributed by atoms with E-state index in [-0.39, 0.29) is 5.74 Å². The van der Waals surface area contributed by atoms with Gasteiger partial charge in [0.15, 0.2) is 0 Å². The Morgan fingerprint density at radius 1 is 1.29 bits per heavy atom. The Hall–Kier alpha value is -0.275. The van der Waals surface area contributed by atoms with Gasteiger partial charge in [-0.15, -0.1) is 15.8 Å². The number of halogens is 1. The van der Waals surface area contributed by atoms with E-state index in [0.717, 1.165) is 6.61 Å². The third-order valence-electron chi connectivity index (χ3n) is 1.92. The molecule has 0 atom stereocenters. The minimum atomic E-state index is 0.0190. The summed E-state index contributed by atoms with van der Waals surface area (Å²) in [7, 11) is 0. The molecule has 0 aliphatic rings. The fraction of sp³-hybridized carbons (Fsp3) is 0.455. The second-order valence-corrected chi connectivity index (χ2v) is 4.79. The minimum Gasteiger partial charge on any atom is -0.421 e. The minimum absolute atomic E-state index is 0.0190. The summed E-state index contributed by atoms with van der Waals surface area (Å²) in [6.07, 6.45) is 0. The summed E-state index contributed by atoms with van der Waals surface area (Å²) in [5, 5.41) is 0. The first-order valence-electron chi connectivity index (χ1n) is 4.92. The molecule has 1 rings (SSSR count). The summed E-state index contributed by atoms with van der Waals surface area (Å²) in [5.74, 6) is 0.570. The number of hydrogen-bond donors (Lipinski definition) is 0. The highest BCUT2D eigenvalue weighted by Gasteiger charge is 2.14. The maximum Gasteiger partial charge on any atom is 0.405 e. The van der Waals surface area contributed by atoms with Crippen LogP contribution in [-0.4, -0.2) is 12.3 Å². The lowest BCUT2D eigenvalue weighted by molar-refractivity contribution is 0.286. The number of benzene rings is 1. The first-order valence-corrected chi connectivity index (χ1v) is 5.83. The van der Waals surface area contributed by atoms with Crippen molar-refractivity contribution in [3.63, 3.8) is 0 Å². The molecule has 0 saturated heterocycles. The summed E-state index contributed by atoms with van der Waals surface area (Å²) >= 11 is 3.52. The Balaban J connectivity index is 2.52. The maximum absolute atomic E-state index is 5.65. The first kappa shape index (κ1) is 11.8. The summed E-state index contributed by atoms with van der Waals surface area (Å²) < 4.78 is 5.65. The van der Waals surface area contributed by atoms with Crippen LogP contribution in [0.1, 0.15) is 19.4 Å². The lowest BCUT2D eigenvalue weighted by atomic mass is 9.87. The van der Waals surface area contributed by atoms with E-state index >= 15 is 0 Å². The van der Waals surface area contributed by atoms with Gasteiger partial charge in [-0.05, 0) is 18.3 Å². The fourth-order valence-electron chi connectivity index (χ4n) is 1.09. The van der Waals surface area contributed by atoms with Crippen molar-refractivity contribution < 1.29 is 4.65 Å². The first-order chi connectivity index (χ1) is 6.59. The molecule has 0 aliphatic carbocycles. The van der Waals surface area contributed by atoms with Gasteiger partial charge in [0.25, 0.3) is 0 Å². The summed E-state index contributed by atoms with van der Waals surface area (Å²) in [5.41, 5.74) is 2.47. The summed E-state index contributed by atoms with van der Waals surface area (Å²) in [6.45, 7) is 7.16. The van der Waals surface area contributed by atoms with Crippen molar-refractivity contribution >= 4 is 27.0 Å². The van der Waals surface area contributed by atoms with Crippen LogP contribution in [-0.2, 0) is 4.65 Å². The summed E-state index contributed by atoms with van der Waals surface area (Å²) in [6, 6.07) is 8.38. The van der Waals surface area contributed by atoms with Gasteiger partial charge in [0, 0.05) is 6.61 Å². The van der Waals surface area contributed by atoms with Crippen LogP contribution in [0.2, 0.25) is 0 Å². The molecular formula is C11H16BBrO. The van der Waals surface area contributed by atoms with Gasteiger partial charge in [-0.2, -0.15) is 0 Å². The molecule has 0 heterocycles. The number of hydrogen-bond acceptors (Lipinski definition) is 1. The van der Waals surface area contributed by atoms with E-state index in [9.17, 15) is 0 Å². The van der Waals surface area contributed by atoms with Gasteiger partial charge >= 0.3 is 5.74 Å². The molecule has 0 bridgehead atoms. The molecule has 76 valence electrons. The van der Waals surface area contributed by atoms with Gasteiger partial charge < -0.3 is 4.65 Å². The SMILES string of the molecule is Cc1ccc(B(Br)OCC(C)C)cc1. The van der Waals surface area contributed by atoms with Crippen molar-refractivity contribution in [1.82, 2.24) is 0 Å². The van der Waals surface area contributed by atoms with Crippen LogP contribution in [0, 0.1) is 12.8 Å². The topological polar surface area (TPSA) is 9.23 Å². The molecule has 14 heavy (non-hydrogen) atoms. The average molecular weight is 255 g/mol. The van der Waals surface area contributed by atoms with Crippen LogP contribution in [0.3, 0.4) is 0 Å². The summed E-state index contributed by atoms with van der Waals surface area (Å²) in [4.78, 5) is 0. The highest BCUT2D eigenvalue weighted by atomic mass is 79.9. The lowest BCUT2D eigenvalue weighted by Crippen LogP contribution is -2.28. The Kier molecular flexibility index (Phi) is 4.69. The molecule has 1 aromatic rings. The van der Waals surface area contributed by atoms with Gasteiger partial charge in [-0.3, -0.25) is 0 Å². The zero-order valence-corrected chi connectivity index (χ0v) is 10.5.